The van der Waals surface area contributed by atoms with Crippen molar-refractivity contribution in [1.29, 1.82) is 0 Å². The Hall–Kier alpha value is -1.84. The molecule has 2 fully saturated rings. The molecule has 4 heteroatoms. The average Bonchev–Trinajstić information content (AvgIpc) is 2.89. The first-order valence-electron chi connectivity index (χ1n) is 8.59. The lowest BCUT2D eigenvalue weighted by atomic mass is 9.77. The molecule has 0 aromatic heterocycles. The number of hydrogen-bond donors (Lipinski definition) is 1. The molecular formula is C19H26N2O2. The zero-order valence-electron chi connectivity index (χ0n) is 14.1. The van der Waals surface area contributed by atoms with E-state index in [0.29, 0.717) is 12.8 Å². The molecule has 0 saturated carbocycles. The highest BCUT2D eigenvalue weighted by atomic mass is 16.2. The molecule has 0 bridgehead atoms. The van der Waals surface area contributed by atoms with Crippen LogP contribution in [-0.4, -0.2) is 36.3 Å². The number of carbonyl (C=O) groups is 2. The van der Waals surface area contributed by atoms with E-state index in [-0.39, 0.29) is 23.1 Å². The quantitative estimate of drug-likeness (QED) is 0.932. The third-order valence-corrected chi connectivity index (χ3v) is 5.57. The molecule has 124 valence electrons. The lowest BCUT2D eigenvalue weighted by Crippen LogP contribution is -2.44. The number of aryl methyl sites for hydroxylation is 1. The molecule has 4 nitrogen and oxygen atoms in total. The van der Waals surface area contributed by atoms with Crippen LogP contribution in [0.5, 0.6) is 0 Å². The van der Waals surface area contributed by atoms with Crippen molar-refractivity contribution in [1.82, 2.24) is 10.2 Å². The molecule has 1 unspecified atom stereocenters. The molecule has 1 N–H and O–H groups in total. The summed E-state index contributed by atoms with van der Waals surface area (Å²) in [6.07, 6.45) is 3.08. The summed E-state index contributed by atoms with van der Waals surface area (Å²) in [5.74, 6) is 0.653. The number of nitrogens with zero attached hydrogens (tertiary/aromatic N) is 1. The average molecular weight is 314 g/mol. The minimum absolute atomic E-state index is 0.107. The van der Waals surface area contributed by atoms with Crippen molar-refractivity contribution in [2.45, 2.75) is 45.4 Å². The largest absolute Gasteiger partial charge is 0.356 e. The number of amides is 2. The molecule has 2 saturated heterocycles. The van der Waals surface area contributed by atoms with Crippen LogP contribution in [0.3, 0.4) is 0 Å². The number of nitrogens with one attached hydrogen (secondary N) is 1. The van der Waals surface area contributed by atoms with Crippen LogP contribution in [0.4, 0.5) is 0 Å². The Labute approximate surface area is 138 Å². The summed E-state index contributed by atoms with van der Waals surface area (Å²) in [4.78, 5) is 26.1. The monoisotopic (exact) mass is 314 g/mol. The highest BCUT2D eigenvalue weighted by Crippen LogP contribution is 2.37. The zero-order chi connectivity index (χ0) is 16.4. The second-order valence-electron chi connectivity index (χ2n) is 7.30. The van der Waals surface area contributed by atoms with Crippen molar-refractivity contribution >= 4 is 11.8 Å². The Morgan fingerprint density at radius 3 is 2.61 bits per heavy atom. The fraction of sp³-hybridized carbons (Fsp3) is 0.579. The van der Waals surface area contributed by atoms with Gasteiger partial charge >= 0.3 is 0 Å². The number of hydrogen-bond acceptors (Lipinski definition) is 2. The van der Waals surface area contributed by atoms with Crippen molar-refractivity contribution in [2.75, 3.05) is 19.6 Å². The molecule has 1 atom stereocenters. The number of rotatable bonds is 3. The second kappa shape index (κ2) is 6.34. The van der Waals surface area contributed by atoms with Gasteiger partial charge in [-0.25, -0.2) is 0 Å². The van der Waals surface area contributed by atoms with Gasteiger partial charge in [0.25, 0.3) is 0 Å². The standard InChI is InChI=1S/C19H26N2O2/c1-14-5-3-4-6-16(14)15(2)11-18(23)21-9-7-19(8-10-21)12-17(22)20-13-19/h3-6,15H,7-13H2,1-2H3,(H,20,22). The summed E-state index contributed by atoms with van der Waals surface area (Å²) in [7, 11) is 0. The van der Waals surface area contributed by atoms with Crippen LogP contribution in [0.15, 0.2) is 24.3 Å². The van der Waals surface area contributed by atoms with Crippen molar-refractivity contribution in [2.24, 2.45) is 5.41 Å². The Balaban J connectivity index is 1.56. The van der Waals surface area contributed by atoms with Gasteiger partial charge in [0.2, 0.25) is 11.8 Å². The molecule has 0 radical (unpaired) electrons. The smallest absolute Gasteiger partial charge is 0.223 e. The third-order valence-electron chi connectivity index (χ3n) is 5.57. The summed E-state index contributed by atoms with van der Waals surface area (Å²) in [5.41, 5.74) is 2.62. The number of likely N-dealkylation sites (tertiary alicyclic amines) is 1. The van der Waals surface area contributed by atoms with Crippen LogP contribution >= 0.6 is 0 Å². The zero-order valence-corrected chi connectivity index (χ0v) is 14.1. The van der Waals surface area contributed by atoms with Crippen molar-refractivity contribution in [3.63, 3.8) is 0 Å². The highest BCUT2D eigenvalue weighted by Gasteiger charge is 2.41. The molecule has 2 aliphatic heterocycles. The van der Waals surface area contributed by atoms with Crippen LogP contribution in [0, 0.1) is 12.3 Å². The Morgan fingerprint density at radius 1 is 1.30 bits per heavy atom. The second-order valence-corrected chi connectivity index (χ2v) is 7.30. The Bertz CT molecular complexity index is 603. The fourth-order valence-corrected chi connectivity index (χ4v) is 3.98. The van der Waals surface area contributed by atoms with E-state index >= 15 is 0 Å². The molecule has 3 rings (SSSR count). The SMILES string of the molecule is Cc1ccccc1C(C)CC(=O)N1CCC2(CC1)CNC(=O)C2. The molecule has 23 heavy (non-hydrogen) atoms. The van der Waals surface area contributed by atoms with E-state index in [2.05, 4.69) is 31.3 Å². The van der Waals surface area contributed by atoms with Crippen LogP contribution in [-0.2, 0) is 9.59 Å². The molecule has 2 aliphatic rings. The molecular weight excluding hydrogens is 288 g/mol. The van der Waals surface area contributed by atoms with Crippen molar-refractivity contribution in [3.8, 4) is 0 Å². The maximum Gasteiger partial charge on any atom is 0.223 e. The Kier molecular flexibility index (Phi) is 4.42. The maximum atomic E-state index is 12.6. The van der Waals surface area contributed by atoms with Gasteiger partial charge in [-0.1, -0.05) is 31.2 Å². The minimum atomic E-state index is 0.107. The van der Waals surface area contributed by atoms with E-state index in [1.165, 1.54) is 11.1 Å². The summed E-state index contributed by atoms with van der Waals surface area (Å²) in [6.45, 7) is 6.59. The van der Waals surface area contributed by atoms with Crippen LogP contribution < -0.4 is 5.32 Å². The van der Waals surface area contributed by atoms with Gasteiger partial charge in [0.15, 0.2) is 0 Å². The predicted molar refractivity (Wildman–Crippen MR) is 90.1 cm³/mol. The van der Waals surface area contributed by atoms with Gasteiger partial charge in [0.1, 0.15) is 0 Å². The first-order valence-corrected chi connectivity index (χ1v) is 8.59. The summed E-state index contributed by atoms with van der Waals surface area (Å²) >= 11 is 0. The highest BCUT2D eigenvalue weighted by molar-refractivity contribution is 5.80. The minimum Gasteiger partial charge on any atom is -0.356 e. The molecule has 2 heterocycles. The van der Waals surface area contributed by atoms with Crippen molar-refractivity contribution in [3.05, 3.63) is 35.4 Å². The summed E-state index contributed by atoms with van der Waals surface area (Å²) < 4.78 is 0. The van der Waals surface area contributed by atoms with E-state index in [4.69, 9.17) is 0 Å². The molecule has 0 aliphatic carbocycles. The van der Waals surface area contributed by atoms with Crippen molar-refractivity contribution < 1.29 is 9.59 Å². The predicted octanol–water partition coefficient (Wildman–Crippen LogP) is 2.62. The molecule has 1 aromatic rings. The van der Waals surface area contributed by atoms with Gasteiger partial charge in [0, 0.05) is 32.5 Å². The topological polar surface area (TPSA) is 49.4 Å². The molecule has 1 spiro atoms. The normalized spacial score (nSPS) is 21.3. The third kappa shape index (κ3) is 3.41. The summed E-state index contributed by atoms with van der Waals surface area (Å²) in [6, 6.07) is 8.30. The maximum absolute atomic E-state index is 12.6. The van der Waals surface area contributed by atoms with E-state index in [1.807, 2.05) is 17.0 Å². The molecule has 2 amide bonds. The van der Waals surface area contributed by atoms with E-state index in [9.17, 15) is 9.59 Å². The first kappa shape index (κ1) is 16.0. The fourth-order valence-electron chi connectivity index (χ4n) is 3.98. The van der Waals surface area contributed by atoms with Gasteiger partial charge in [-0.05, 0) is 42.2 Å². The van der Waals surface area contributed by atoms with E-state index in [0.717, 1.165) is 32.5 Å². The number of piperidine rings is 1. The summed E-state index contributed by atoms with van der Waals surface area (Å²) in [5, 5.41) is 2.94. The van der Waals surface area contributed by atoms with Gasteiger partial charge < -0.3 is 10.2 Å². The first-order chi connectivity index (χ1) is 11.0. The van der Waals surface area contributed by atoms with E-state index < -0.39 is 0 Å². The Morgan fingerprint density at radius 2 is 2.00 bits per heavy atom. The molecule has 1 aromatic carbocycles. The van der Waals surface area contributed by atoms with E-state index in [1.54, 1.807) is 0 Å². The van der Waals surface area contributed by atoms with Crippen LogP contribution in [0.2, 0.25) is 0 Å². The van der Waals surface area contributed by atoms with Gasteiger partial charge in [-0.3, -0.25) is 9.59 Å². The van der Waals surface area contributed by atoms with Gasteiger partial charge in [-0.15, -0.1) is 0 Å². The van der Waals surface area contributed by atoms with Crippen LogP contribution in [0.25, 0.3) is 0 Å². The number of carbonyl (C=O) groups excluding carboxylic acids is 2. The van der Waals surface area contributed by atoms with Gasteiger partial charge in [0.05, 0.1) is 0 Å². The lowest BCUT2D eigenvalue weighted by molar-refractivity contribution is -0.133. The van der Waals surface area contributed by atoms with Crippen LogP contribution in [0.1, 0.15) is 49.7 Å². The number of benzene rings is 1. The lowest BCUT2D eigenvalue weighted by Gasteiger charge is -2.38. The van der Waals surface area contributed by atoms with Gasteiger partial charge in [-0.2, -0.15) is 0 Å².